The van der Waals surface area contributed by atoms with Crippen LogP contribution in [-0.2, 0) is 20.9 Å². The Morgan fingerprint density at radius 2 is 1.98 bits per heavy atom. The van der Waals surface area contributed by atoms with E-state index in [0.717, 1.165) is 64.1 Å². The van der Waals surface area contributed by atoms with Crippen molar-refractivity contribution in [1.82, 2.24) is 9.88 Å². The van der Waals surface area contributed by atoms with Gasteiger partial charge in [-0.15, -0.1) is 11.3 Å². The number of thiazole rings is 1. The number of benzene rings is 2. The summed E-state index contributed by atoms with van der Waals surface area (Å²) in [5.41, 5.74) is 5.03. The van der Waals surface area contributed by atoms with Gasteiger partial charge in [0, 0.05) is 48.2 Å². The first-order chi connectivity index (χ1) is 22.0. The number of amides is 1. The van der Waals surface area contributed by atoms with E-state index in [-0.39, 0.29) is 18.1 Å². The van der Waals surface area contributed by atoms with Crippen molar-refractivity contribution in [2.75, 3.05) is 44.3 Å². The summed E-state index contributed by atoms with van der Waals surface area (Å²) in [5.74, 6) is 3.30. The van der Waals surface area contributed by atoms with Crippen molar-refractivity contribution in [2.24, 2.45) is 23.2 Å². The Kier molecular flexibility index (Phi) is 8.83. The van der Waals surface area contributed by atoms with Crippen molar-refractivity contribution >= 4 is 28.8 Å². The van der Waals surface area contributed by atoms with Gasteiger partial charge in [0.2, 0.25) is 0 Å². The summed E-state index contributed by atoms with van der Waals surface area (Å²) in [6.45, 7) is 15.1. The number of ether oxygens (including phenoxy) is 3. The minimum absolute atomic E-state index is 0.0697. The first kappa shape index (κ1) is 32.0. The van der Waals surface area contributed by atoms with Crippen molar-refractivity contribution in [3.05, 3.63) is 64.0 Å². The second-order valence-electron chi connectivity index (χ2n) is 13.9. The number of carbonyl (C=O) groups excluding carboxylic acids is 2. The van der Waals surface area contributed by atoms with Crippen molar-refractivity contribution in [3.8, 4) is 23.1 Å². The quantitative estimate of drug-likeness (QED) is 0.285. The van der Waals surface area contributed by atoms with Gasteiger partial charge in [0.15, 0.2) is 5.13 Å². The summed E-state index contributed by atoms with van der Waals surface area (Å²) >= 11 is 1.72. The van der Waals surface area contributed by atoms with E-state index in [2.05, 4.69) is 41.0 Å². The van der Waals surface area contributed by atoms with E-state index < -0.39 is 0 Å². The van der Waals surface area contributed by atoms with E-state index in [0.29, 0.717) is 49.3 Å². The van der Waals surface area contributed by atoms with Gasteiger partial charge in [-0.3, -0.25) is 9.59 Å². The van der Waals surface area contributed by atoms with E-state index in [1.807, 2.05) is 39.0 Å². The number of anilines is 1. The maximum absolute atomic E-state index is 12.9. The normalized spacial score (nSPS) is 24.4. The number of morpholine rings is 1. The minimum atomic E-state index is -0.318. The zero-order valence-corrected chi connectivity index (χ0v) is 28.1. The Hall–Kier alpha value is -3.94. The van der Waals surface area contributed by atoms with E-state index in [4.69, 9.17) is 14.5 Å². The van der Waals surface area contributed by atoms with Gasteiger partial charge in [0.05, 0.1) is 30.5 Å². The molecule has 2 aliphatic carbocycles. The fraction of sp³-hybridized carbons (Fsp3) is 0.500. The van der Waals surface area contributed by atoms with E-state index >= 15 is 0 Å². The zero-order valence-electron chi connectivity index (χ0n) is 27.2. The third-order valence-corrected chi connectivity index (χ3v) is 10.7. The number of aromatic nitrogens is 1. The molecule has 9 nitrogen and oxygen atoms in total. The van der Waals surface area contributed by atoms with Gasteiger partial charge in [-0.05, 0) is 81.5 Å². The highest BCUT2D eigenvalue weighted by molar-refractivity contribution is 7.14. The summed E-state index contributed by atoms with van der Waals surface area (Å²) in [6, 6.07) is 13.7. The third kappa shape index (κ3) is 6.36. The predicted octanol–water partition coefficient (Wildman–Crippen LogP) is 6.09. The Morgan fingerprint density at radius 1 is 1.20 bits per heavy atom. The molecule has 3 heterocycles. The van der Waals surface area contributed by atoms with Crippen LogP contribution in [0.1, 0.15) is 61.2 Å². The molecule has 46 heavy (non-hydrogen) atoms. The highest BCUT2D eigenvalue weighted by Crippen LogP contribution is 2.76. The lowest BCUT2D eigenvalue weighted by molar-refractivity contribution is -0.138. The van der Waals surface area contributed by atoms with E-state index in [1.54, 1.807) is 28.4 Å². The largest absolute Gasteiger partial charge is 0.488 e. The highest BCUT2D eigenvalue weighted by Gasteiger charge is 2.74. The van der Waals surface area contributed by atoms with Crippen LogP contribution in [-0.4, -0.2) is 67.3 Å². The highest BCUT2D eigenvalue weighted by atomic mass is 32.1. The summed E-state index contributed by atoms with van der Waals surface area (Å²) in [6.07, 6.45) is 1.40. The van der Waals surface area contributed by atoms with Crippen molar-refractivity contribution in [3.63, 3.8) is 0 Å². The Bertz CT molecular complexity index is 1650. The molecule has 3 aromatic rings. The van der Waals surface area contributed by atoms with Gasteiger partial charge in [-0.2, -0.15) is 5.26 Å². The van der Waals surface area contributed by atoms with Gasteiger partial charge in [-0.25, -0.2) is 4.98 Å². The summed E-state index contributed by atoms with van der Waals surface area (Å²) in [4.78, 5) is 31.8. The number of rotatable bonds is 7. The molecular formula is C36H42N4O5S. The third-order valence-electron chi connectivity index (χ3n) is 9.82. The second-order valence-corrected chi connectivity index (χ2v) is 14.7. The SMILES string of the molecule is CC(C)(C)OC=O.Cc1ccc(OCc2ccc(C(=O)N3CCOCC3)cc2C#N)c(-c2csc(N3CC4C(C)C5CC45C3)n2)c1. The maximum atomic E-state index is 12.9. The molecule has 10 heteroatoms. The molecule has 1 spiro atoms. The van der Waals surface area contributed by atoms with Crippen LogP contribution in [0.4, 0.5) is 5.13 Å². The molecular weight excluding hydrogens is 600 g/mol. The number of aryl methyl sites for hydroxylation is 1. The lowest BCUT2D eigenvalue weighted by atomic mass is 9.68. The van der Waals surface area contributed by atoms with Crippen LogP contribution in [0.3, 0.4) is 0 Å². The Labute approximate surface area is 275 Å². The fourth-order valence-corrected chi connectivity index (χ4v) is 8.15. The zero-order chi connectivity index (χ0) is 32.6. The van der Waals surface area contributed by atoms with Gasteiger partial charge in [-0.1, -0.05) is 24.6 Å². The molecule has 2 aromatic carbocycles. The van der Waals surface area contributed by atoms with E-state index in [1.165, 1.54) is 6.42 Å². The first-order valence-electron chi connectivity index (χ1n) is 16.0. The van der Waals surface area contributed by atoms with Crippen LogP contribution in [0.15, 0.2) is 41.8 Å². The molecule has 4 unspecified atom stereocenters. The molecule has 242 valence electrons. The topological polar surface area (TPSA) is 105 Å². The molecule has 0 radical (unpaired) electrons. The van der Waals surface area contributed by atoms with Gasteiger partial charge in [0.25, 0.3) is 12.4 Å². The van der Waals surface area contributed by atoms with Gasteiger partial charge >= 0.3 is 0 Å². The molecule has 4 aliphatic rings. The monoisotopic (exact) mass is 642 g/mol. The van der Waals surface area contributed by atoms with Gasteiger partial charge in [0.1, 0.15) is 18.0 Å². The molecule has 2 aliphatic heterocycles. The smallest absolute Gasteiger partial charge is 0.293 e. The predicted molar refractivity (Wildman–Crippen MR) is 177 cm³/mol. The van der Waals surface area contributed by atoms with Crippen LogP contribution in [0, 0.1) is 41.4 Å². The number of nitriles is 1. The number of nitrogens with zero attached hydrogens (tertiary/aromatic N) is 4. The Morgan fingerprint density at radius 3 is 2.63 bits per heavy atom. The van der Waals surface area contributed by atoms with Crippen molar-refractivity contribution < 1.29 is 23.8 Å². The van der Waals surface area contributed by atoms with Crippen LogP contribution in [0.25, 0.3) is 11.3 Å². The molecule has 7 rings (SSSR count). The molecule has 1 amide bonds. The average molecular weight is 643 g/mol. The summed E-state index contributed by atoms with van der Waals surface area (Å²) in [7, 11) is 0. The van der Waals surface area contributed by atoms with Gasteiger partial charge < -0.3 is 24.0 Å². The standard InChI is InChI=1S/C31H32N4O3S.C5H10O2/c1-19-3-6-28(38-16-22-5-4-21(12-23(22)14-32)29(36)34-7-9-37-10-8-34)24(11-19)27-17-39-30(33-27)35-15-26-20(2)25-13-31(25,26)18-35;1-5(2,3)7-4-6/h3-6,11-12,17,20,25-26H,7-10,13,15-16,18H2,1-2H3;4H,1-3H3. The number of hydrogen-bond acceptors (Lipinski definition) is 9. The van der Waals surface area contributed by atoms with Crippen molar-refractivity contribution in [1.29, 1.82) is 5.26 Å². The Balaban J connectivity index is 0.000000480. The van der Waals surface area contributed by atoms with E-state index in [9.17, 15) is 14.9 Å². The molecule has 4 fully saturated rings. The fourth-order valence-electron chi connectivity index (χ4n) is 7.31. The number of carbonyl (C=O) groups is 2. The van der Waals surface area contributed by atoms with Crippen molar-refractivity contribution in [2.45, 2.75) is 53.2 Å². The lowest BCUT2D eigenvalue weighted by Gasteiger charge is -2.35. The van der Waals surface area contributed by atoms with Crippen LogP contribution in [0.2, 0.25) is 0 Å². The molecule has 1 aromatic heterocycles. The lowest BCUT2D eigenvalue weighted by Crippen LogP contribution is -2.40. The molecule has 4 atom stereocenters. The molecule has 2 saturated heterocycles. The minimum Gasteiger partial charge on any atom is -0.488 e. The molecule has 2 saturated carbocycles. The second kappa shape index (κ2) is 12.7. The van der Waals surface area contributed by atoms with Crippen LogP contribution < -0.4 is 9.64 Å². The summed E-state index contributed by atoms with van der Waals surface area (Å²) < 4.78 is 16.2. The summed E-state index contributed by atoms with van der Waals surface area (Å²) in [5, 5.41) is 13.1. The maximum Gasteiger partial charge on any atom is 0.293 e. The molecule has 0 N–H and O–H groups in total. The first-order valence-corrected chi connectivity index (χ1v) is 16.9. The average Bonchev–Trinajstić information content (AvgIpc) is 3.29. The molecule has 0 bridgehead atoms. The van der Waals surface area contributed by atoms with Crippen LogP contribution in [0.5, 0.6) is 5.75 Å². The van der Waals surface area contributed by atoms with Crippen LogP contribution >= 0.6 is 11.3 Å². The number of hydrogen-bond donors (Lipinski definition) is 0.